The van der Waals surface area contributed by atoms with Crippen molar-refractivity contribution in [1.82, 2.24) is 4.98 Å². The summed E-state index contributed by atoms with van der Waals surface area (Å²) in [6.07, 6.45) is 0.874. The van der Waals surface area contributed by atoms with E-state index in [1.807, 2.05) is 24.3 Å². The summed E-state index contributed by atoms with van der Waals surface area (Å²) in [5.41, 5.74) is 11.4. The maximum absolute atomic E-state index is 6.10. The van der Waals surface area contributed by atoms with E-state index in [2.05, 4.69) is 126 Å². The fraction of sp³-hybridized carbons (Fsp3) is 0.0250. The lowest BCUT2D eigenvalue weighted by Gasteiger charge is -2.27. The highest BCUT2D eigenvalue weighted by molar-refractivity contribution is 6.02. The van der Waals surface area contributed by atoms with E-state index >= 15 is 0 Å². The highest BCUT2D eigenvalue weighted by Gasteiger charge is 2.23. The van der Waals surface area contributed by atoms with Crippen LogP contribution in [0.5, 0.6) is 0 Å². The van der Waals surface area contributed by atoms with Crippen LogP contribution in [0.25, 0.3) is 55.2 Å². The largest absolute Gasteiger partial charge is 0.436 e. The Kier molecular flexibility index (Phi) is 5.26. The molecule has 3 nitrogen and oxygen atoms in total. The first-order chi connectivity index (χ1) is 21.3. The second-order valence-corrected chi connectivity index (χ2v) is 11.2. The van der Waals surface area contributed by atoms with E-state index in [1.165, 1.54) is 49.5 Å². The zero-order valence-corrected chi connectivity index (χ0v) is 23.4. The Hall–Kier alpha value is -5.67. The normalized spacial score (nSPS) is 12.1. The number of benzene rings is 7. The van der Waals surface area contributed by atoms with E-state index in [4.69, 9.17) is 9.40 Å². The quantitative estimate of drug-likeness (QED) is 0.218. The number of oxazole rings is 1. The van der Waals surface area contributed by atoms with Gasteiger partial charge in [-0.2, -0.15) is 0 Å². The van der Waals surface area contributed by atoms with Crippen molar-refractivity contribution in [1.29, 1.82) is 0 Å². The zero-order chi connectivity index (χ0) is 28.3. The molecule has 0 saturated heterocycles. The van der Waals surface area contributed by atoms with E-state index in [0.29, 0.717) is 5.89 Å². The molecule has 1 aromatic heterocycles. The monoisotopic (exact) mass is 550 g/mol. The molecule has 1 heterocycles. The fourth-order valence-electron chi connectivity index (χ4n) is 6.68. The van der Waals surface area contributed by atoms with Crippen molar-refractivity contribution in [3.05, 3.63) is 157 Å². The standard InChI is InChI=1S/C40H26N2O/c1-2-11-30(12-3-1)42(38-15-8-10-26-9-4-5-13-33(26)38)31-20-17-27-18-22-34-32-21-19-28(23-29(32)24-36(34)35(27)25-31)40-41-37-14-6-7-16-39(37)43-40/h1-23,25H,24H2. The number of anilines is 3. The Morgan fingerprint density at radius 2 is 1.33 bits per heavy atom. The molecule has 0 fully saturated rings. The van der Waals surface area contributed by atoms with Crippen LogP contribution in [-0.2, 0) is 6.42 Å². The van der Waals surface area contributed by atoms with Crippen LogP contribution in [0.4, 0.5) is 17.1 Å². The summed E-state index contributed by atoms with van der Waals surface area (Å²) < 4.78 is 6.10. The first-order valence-corrected chi connectivity index (χ1v) is 14.7. The Labute approximate surface area is 249 Å². The van der Waals surface area contributed by atoms with Gasteiger partial charge in [-0.3, -0.25) is 0 Å². The van der Waals surface area contributed by atoms with Gasteiger partial charge in [-0.15, -0.1) is 0 Å². The van der Waals surface area contributed by atoms with Crippen LogP contribution in [0.1, 0.15) is 11.1 Å². The van der Waals surface area contributed by atoms with Crippen molar-refractivity contribution in [2.24, 2.45) is 0 Å². The van der Waals surface area contributed by atoms with Crippen molar-refractivity contribution >= 4 is 49.7 Å². The van der Waals surface area contributed by atoms with Crippen LogP contribution in [0, 0.1) is 0 Å². The lowest BCUT2D eigenvalue weighted by Crippen LogP contribution is -2.10. The van der Waals surface area contributed by atoms with Crippen molar-refractivity contribution in [3.63, 3.8) is 0 Å². The predicted octanol–water partition coefficient (Wildman–Crippen LogP) is 10.8. The third-order valence-corrected chi connectivity index (χ3v) is 8.70. The second-order valence-electron chi connectivity index (χ2n) is 11.2. The third-order valence-electron chi connectivity index (χ3n) is 8.70. The molecule has 0 unspecified atom stereocenters. The number of nitrogens with zero attached hydrogens (tertiary/aromatic N) is 2. The molecular weight excluding hydrogens is 524 g/mol. The van der Waals surface area contributed by atoms with E-state index in [9.17, 15) is 0 Å². The highest BCUT2D eigenvalue weighted by atomic mass is 16.3. The smallest absolute Gasteiger partial charge is 0.227 e. The molecule has 8 aromatic rings. The number of hydrogen-bond donors (Lipinski definition) is 0. The van der Waals surface area contributed by atoms with E-state index in [-0.39, 0.29) is 0 Å². The molecule has 0 saturated carbocycles. The zero-order valence-electron chi connectivity index (χ0n) is 23.4. The molecule has 0 spiro atoms. The summed E-state index contributed by atoms with van der Waals surface area (Å²) >= 11 is 0. The topological polar surface area (TPSA) is 29.3 Å². The Bertz CT molecular complexity index is 2300. The van der Waals surface area contributed by atoms with E-state index < -0.39 is 0 Å². The maximum Gasteiger partial charge on any atom is 0.227 e. The van der Waals surface area contributed by atoms with E-state index in [1.54, 1.807) is 0 Å². The molecule has 0 atom stereocenters. The Morgan fingerprint density at radius 3 is 2.26 bits per heavy atom. The molecule has 3 heteroatoms. The average Bonchev–Trinajstić information content (AvgIpc) is 3.67. The lowest BCUT2D eigenvalue weighted by molar-refractivity contribution is 0.620. The van der Waals surface area contributed by atoms with Gasteiger partial charge >= 0.3 is 0 Å². The van der Waals surface area contributed by atoms with Crippen molar-refractivity contribution in [2.45, 2.75) is 6.42 Å². The minimum atomic E-state index is 0.667. The van der Waals surface area contributed by atoms with Crippen LogP contribution < -0.4 is 4.90 Å². The summed E-state index contributed by atoms with van der Waals surface area (Å²) in [4.78, 5) is 7.13. The fourth-order valence-corrected chi connectivity index (χ4v) is 6.68. The number of rotatable bonds is 4. The summed E-state index contributed by atoms with van der Waals surface area (Å²) in [6, 6.07) is 51.8. The average molecular weight is 551 g/mol. The molecule has 0 amide bonds. The third kappa shape index (κ3) is 3.86. The summed E-state index contributed by atoms with van der Waals surface area (Å²) in [5.74, 6) is 0.667. The molecule has 9 rings (SSSR count). The van der Waals surface area contributed by atoms with Gasteiger partial charge in [-0.1, -0.05) is 91.0 Å². The molecule has 0 bridgehead atoms. The minimum absolute atomic E-state index is 0.667. The van der Waals surface area contributed by atoms with Crippen LogP contribution >= 0.6 is 0 Å². The molecule has 0 N–H and O–H groups in total. The van der Waals surface area contributed by atoms with Gasteiger partial charge in [0.15, 0.2) is 5.58 Å². The molecule has 1 aliphatic carbocycles. The van der Waals surface area contributed by atoms with Gasteiger partial charge in [0.05, 0.1) is 5.69 Å². The summed E-state index contributed by atoms with van der Waals surface area (Å²) in [5, 5.41) is 5.00. The molecule has 0 aliphatic heterocycles. The predicted molar refractivity (Wildman–Crippen MR) is 177 cm³/mol. The summed E-state index contributed by atoms with van der Waals surface area (Å²) in [7, 11) is 0. The lowest BCUT2D eigenvalue weighted by atomic mass is 9.98. The van der Waals surface area contributed by atoms with Gasteiger partial charge in [0.25, 0.3) is 0 Å². The molecule has 7 aromatic carbocycles. The molecule has 1 aliphatic rings. The van der Waals surface area contributed by atoms with Crippen LogP contribution in [0.15, 0.2) is 150 Å². The Morgan fingerprint density at radius 1 is 0.558 bits per heavy atom. The molecule has 202 valence electrons. The number of aromatic nitrogens is 1. The minimum Gasteiger partial charge on any atom is -0.436 e. The van der Waals surface area contributed by atoms with Gasteiger partial charge in [0, 0.05) is 22.3 Å². The first kappa shape index (κ1) is 24.0. The number of para-hydroxylation sites is 3. The Balaban J connectivity index is 1.18. The van der Waals surface area contributed by atoms with Crippen molar-refractivity contribution in [3.8, 4) is 22.6 Å². The van der Waals surface area contributed by atoms with Crippen LogP contribution in [0.3, 0.4) is 0 Å². The number of fused-ring (bicyclic) bond motifs is 7. The SMILES string of the molecule is c1ccc(N(c2ccc3ccc4c(c3c2)Cc2cc(-c3nc5ccccc5o3)ccc2-4)c2cccc3ccccc23)cc1. The highest BCUT2D eigenvalue weighted by Crippen LogP contribution is 2.45. The van der Waals surface area contributed by atoms with Gasteiger partial charge in [0.2, 0.25) is 5.89 Å². The molecule has 43 heavy (non-hydrogen) atoms. The van der Waals surface area contributed by atoms with Gasteiger partial charge in [0.1, 0.15) is 5.52 Å². The maximum atomic E-state index is 6.10. The van der Waals surface area contributed by atoms with E-state index in [0.717, 1.165) is 34.5 Å². The second kappa shape index (κ2) is 9.43. The number of hydrogen-bond acceptors (Lipinski definition) is 3. The molecular formula is C40H26N2O. The van der Waals surface area contributed by atoms with Gasteiger partial charge in [-0.05, 0) is 99.4 Å². The van der Waals surface area contributed by atoms with Crippen LogP contribution in [-0.4, -0.2) is 4.98 Å². The first-order valence-electron chi connectivity index (χ1n) is 14.7. The van der Waals surface area contributed by atoms with Crippen molar-refractivity contribution < 1.29 is 4.42 Å². The van der Waals surface area contributed by atoms with Crippen molar-refractivity contribution in [2.75, 3.05) is 4.90 Å². The van der Waals surface area contributed by atoms with Crippen LogP contribution in [0.2, 0.25) is 0 Å². The van der Waals surface area contributed by atoms with Gasteiger partial charge in [-0.25, -0.2) is 4.98 Å². The van der Waals surface area contributed by atoms with Gasteiger partial charge < -0.3 is 9.32 Å². The molecule has 0 radical (unpaired) electrons. The summed E-state index contributed by atoms with van der Waals surface area (Å²) in [6.45, 7) is 0.